The van der Waals surface area contributed by atoms with Gasteiger partial charge in [0.05, 0.1) is 0 Å². The summed E-state index contributed by atoms with van der Waals surface area (Å²) in [7, 11) is 0. The molecule has 2 rings (SSSR count). The largest absolute Gasteiger partial charge is 0.489 e. The highest BCUT2D eigenvalue weighted by Gasteiger charge is 2.09. The Kier molecular flexibility index (Phi) is 3.10. The summed E-state index contributed by atoms with van der Waals surface area (Å²) in [6.45, 7) is 6.44. The lowest BCUT2D eigenvalue weighted by molar-refractivity contribution is 0.352. The average Bonchev–Trinajstić information content (AvgIpc) is 2.26. The minimum Gasteiger partial charge on any atom is -0.489 e. The van der Waals surface area contributed by atoms with E-state index in [4.69, 9.17) is 4.74 Å². The van der Waals surface area contributed by atoms with Crippen LogP contribution in [0.2, 0.25) is 0 Å². The van der Waals surface area contributed by atoms with Crippen LogP contribution in [0.5, 0.6) is 5.75 Å². The summed E-state index contributed by atoms with van der Waals surface area (Å²) < 4.78 is 5.63. The second-order valence-corrected chi connectivity index (χ2v) is 4.38. The lowest BCUT2D eigenvalue weighted by Crippen LogP contribution is -2.04. The zero-order valence-corrected chi connectivity index (χ0v) is 9.38. The average molecular weight is 202 g/mol. The molecule has 1 aromatic rings. The molecule has 1 aliphatic carbocycles. The molecule has 1 aromatic carbocycles. The van der Waals surface area contributed by atoms with E-state index in [9.17, 15) is 0 Å². The number of aryl methyl sites for hydroxylation is 2. The van der Waals surface area contributed by atoms with Crippen molar-refractivity contribution in [3.8, 4) is 5.75 Å². The van der Waals surface area contributed by atoms with Crippen LogP contribution in [-0.2, 0) is 12.8 Å². The normalized spacial score (nSPS) is 14.5. The second kappa shape index (κ2) is 4.52. The Morgan fingerprint density at radius 1 is 1.27 bits per heavy atom. The molecule has 80 valence electrons. The molecule has 1 aliphatic rings. The number of hydrogen-bond acceptors (Lipinski definition) is 1. The van der Waals surface area contributed by atoms with Gasteiger partial charge in [0, 0.05) is 0 Å². The van der Waals surface area contributed by atoms with Gasteiger partial charge < -0.3 is 4.74 Å². The fraction of sp³-hybridized carbons (Fsp3) is 0.429. The van der Waals surface area contributed by atoms with Crippen molar-refractivity contribution in [1.82, 2.24) is 0 Å². The van der Waals surface area contributed by atoms with Crippen LogP contribution in [0.3, 0.4) is 0 Å². The third-order valence-corrected chi connectivity index (χ3v) is 2.81. The monoisotopic (exact) mass is 202 g/mol. The number of benzene rings is 1. The van der Waals surface area contributed by atoms with Gasteiger partial charge >= 0.3 is 0 Å². The van der Waals surface area contributed by atoms with Gasteiger partial charge in [-0.25, -0.2) is 0 Å². The molecule has 0 heterocycles. The molecule has 0 bridgehead atoms. The third kappa shape index (κ3) is 2.62. The highest BCUT2D eigenvalue weighted by atomic mass is 16.5. The van der Waals surface area contributed by atoms with E-state index in [-0.39, 0.29) is 0 Å². The van der Waals surface area contributed by atoms with Crippen molar-refractivity contribution in [3.05, 3.63) is 41.5 Å². The van der Waals surface area contributed by atoms with Gasteiger partial charge in [0.25, 0.3) is 0 Å². The number of hydrogen-bond donors (Lipinski definition) is 0. The van der Waals surface area contributed by atoms with Crippen molar-refractivity contribution in [1.29, 1.82) is 0 Å². The standard InChI is InChI=1S/C14H18O/c1-11(2)10-15-14-8-7-12-5-3-4-6-13(12)9-14/h7-9H,1,3-6,10H2,2H3. The van der Waals surface area contributed by atoms with Crippen LogP contribution < -0.4 is 4.74 Å². The summed E-state index contributed by atoms with van der Waals surface area (Å²) in [5.74, 6) is 0.985. The lowest BCUT2D eigenvalue weighted by Gasteiger charge is -2.16. The Labute approximate surface area is 91.8 Å². The molecule has 1 heteroatoms. The van der Waals surface area contributed by atoms with Gasteiger partial charge in [-0.1, -0.05) is 12.6 Å². The molecule has 0 aliphatic heterocycles. The van der Waals surface area contributed by atoms with Crippen molar-refractivity contribution in [2.24, 2.45) is 0 Å². The number of fused-ring (bicyclic) bond motifs is 1. The molecule has 0 saturated heterocycles. The van der Waals surface area contributed by atoms with E-state index in [1.165, 1.54) is 36.8 Å². The molecule has 0 spiro atoms. The molecule has 0 atom stereocenters. The van der Waals surface area contributed by atoms with E-state index in [0.29, 0.717) is 6.61 Å². The van der Waals surface area contributed by atoms with Gasteiger partial charge in [-0.3, -0.25) is 0 Å². The zero-order valence-electron chi connectivity index (χ0n) is 9.38. The quantitative estimate of drug-likeness (QED) is 0.681. The molecule has 0 N–H and O–H groups in total. The van der Waals surface area contributed by atoms with Crippen LogP contribution >= 0.6 is 0 Å². The van der Waals surface area contributed by atoms with Crippen molar-refractivity contribution < 1.29 is 4.74 Å². The van der Waals surface area contributed by atoms with E-state index in [1.807, 2.05) is 6.92 Å². The van der Waals surface area contributed by atoms with E-state index < -0.39 is 0 Å². The predicted octanol–water partition coefficient (Wildman–Crippen LogP) is 3.52. The third-order valence-electron chi connectivity index (χ3n) is 2.81. The molecule has 0 fully saturated rings. The highest BCUT2D eigenvalue weighted by molar-refractivity contribution is 5.37. The van der Waals surface area contributed by atoms with Gasteiger partial charge in [-0.2, -0.15) is 0 Å². The number of ether oxygens (including phenoxy) is 1. The Morgan fingerprint density at radius 2 is 2.00 bits per heavy atom. The molecule has 15 heavy (non-hydrogen) atoms. The molecular formula is C14H18O. The van der Waals surface area contributed by atoms with Gasteiger partial charge in [0.2, 0.25) is 0 Å². The topological polar surface area (TPSA) is 9.23 Å². The summed E-state index contributed by atoms with van der Waals surface area (Å²) in [6, 6.07) is 6.48. The van der Waals surface area contributed by atoms with Crippen LogP contribution in [0.4, 0.5) is 0 Å². The maximum atomic E-state index is 5.63. The lowest BCUT2D eigenvalue weighted by atomic mass is 9.92. The Hall–Kier alpha value is -1.24. The van der Waals surface area contributed by atoms with E-state index in [2.05, 4.69) is 24.8 Å². The summed E-state index contributed by atoms with van der Waals surface area (Å²) in [4.78, 5) is 0. The molecular weight excluding hydrogens is 184 g/mol. The Morgan fingerprint density at radius 3 is 2.73 bits per heavy atom. The van der Waals surface area contributed by atoms with Crippen molar-refractivity contribution in [3.63, 3.8) is 0 Å². The fourth-order valence-electron chi connectivity index (χ4n) is 2.01. The first-order valence-electron chi connectivity index (χ1n) is 5.65. The summed E-state index contributed by atoms with van der Waals surface area (Å²) in [5.41, 5.74) is 4.04. The second-order valence-electron chi connectivity index (χ2n) is 4.38. The summed E-state index contributed by atoms with van der Waals surface area (Å²) >= 11 is 0. The van der Waals surface area contributed by atoms with Gasteiger partial charge in [-0.15, -0.1) is 0 Å². The van der Waals surface area contributed by atoms with Crippen molar-refractivity contribution in [2.45, 2.75) is 32.6 Å². The molecule has 0 saturated carbocycles. The van der Waals surface area contributed by atoms with Crippen molar-refractivity contribution in [2.75, 3.05) is 6.61 Å². The highest BCUT2D eigenvalue weighted by Crippen LogP contribution is 2.25. The van der Waals surface area contributed by atoms with Crippen LogP contribution in [0.15, 0.2) is 30.4 Å². The minimum atomic E-state index is 0.624. The maximum Gasteiger partial charge on any atom is 0.120 e. The summed E-state index contributed by atoms with van der Waals surface area (Å²) in [5, 5.41) is 0. The molecule has 0 radical (unpaired) electrons. The maximum absolute atomic E-state index is 5.63. The molecule has 1 nitrogen and oxygen atoms in total. The van der Waals surface area contributed by atoms with Gasteiger partial charge in [0.1, 0.15) is 12.4 Å². The van der Waals surface area contributed by atoms with Crippen LogP contribution in [0.25, 0.3) is 0 Å². The van der Waals surface area contributed by atoms with Crippen LogP contribution in [0, 0.1) is 0 Å². The predicted molar refractivity (Wildman–Crippen MR) is 63.4 cm³/mol. The Balaban J connectivity index is 2.10. The molecule has 0 amide bonds. The number of rotatable bonds is 3. The van der Waals surface area contributed by atoms with Crippen molar-refractivity contribution >= 4 is 0 Å². The first kappa shape index (κ1) is 10.3. The first-order valence-corrected chi connectivity index (χ1v) is 5.65. The fourth-order valence-corrected chi connectivity index (χ4v) is 2.01. The summed E-state index contributed by atoms with van der Waals surface area (Å²) in [6.07, 6.45) is 5.09. The molecule has 0 aromatic heterocycles. The molecule has 0 unspecified atom stereocenters. The van der Waals surface area contributed by atoms with Gasteiger partial charge in [0.15, 0.2) is 0 Å². The van der Waals surface area contributed by atoms with E-state index >= 15 is 0 Å². The van der Waals surface area contributed by atoms with Crippen LogP contribution in [0.1, 0.15) is 30.9 Å². The SMILES string of the molecule is C=C(C)COc1ccc2c(c1)CCCC2. The van der Waals surface area contributed by atoms with Gasteiger partial charge in [-0.05, 0) is 61.4 Å². The smallest absolute Gasteiger partial charge is 0.120 e. The minimum absolute atomic E-state index is 0.624. The Bertz CT molecular complexity index is 366. The van der Waals surface area contributed by atoms with E-state index in [0.717, 1.165) is 11.3 Å². The van der Waals surface area contributed by atoms with E-state index in [1.54, 1.807) is 0 Å². The van der Waals surface area contributed by atoms with Crippen LogP contribution in [-0.4, -0.2) is 6.61 Å². The zero-order chi connectivity index (χ0) is 10.7. The first-order chi connectivity index (χ1) is 7.25.